The van der Waals surface area contributed by atoms with Crippen molar-refractivity contribution >= 4 is 52.8 Å². The van der Waals surface area contributed by atoms with Crippen molar-refractivity contribution in [3.05, 3.63) is 92.5 Å². The Bertz CT molecular complexity index is 1600. The monoisotopic (exact) mass is 656 g/mol. The Morgan fingerprint density at radius 1 is 0.978 bits per heavy atom. The van der Waals surface area contributed by atoms with Crippen LogP contribution in [0, 0.1) is 5.92 Å². The van der Waals surface area contributed by atoms with Crippen LogP contribution in [0.25, 0.3) is 0 Å². The molecule has 0 aliphatic carbocycles. The molecule has 3 aromatic rings. The van der Waals surface area contributed by atoms with Crippen molar-refractivity contribution < 1.29 is 23.9 Å². The average Bonchev–Trinajstić information content (AvgIpc) is 3.02. The van der Waals surface area contributed by atoms with E-state index in [1.165, 1.54) is 31.5 Å². The van der Waals surface area contributed by atoms with Crippen LogP contribution in [0.4, 0.5) is 10.6 Å². The predicted molar refractivity (Wildman–Crippen MR) is 169 cm³/mol. The molecule has 0 spiro atoms. The van der Waals surface area contributed by atoms with Crippen LogP contribution < -0.4 is 21.6 Å². The highest BCUT2D eigenvalue weighted by Crippen LogP contribution is 2.33. The Balaban J connectivity index is 1.43. The van der Waals surface area contributed by atoms with Gasteiger partial charge in [-0.15, -0.1) is 0 Å². The van der Waals surface area contributed by atoms with E-state index in [4.69, 9.17) is 27.9 Å². The molecule has 238 valence electrons. The third-order valence-corrected chi connectivity index (χ3v) is 8.22. The van der Waals surface area contributed by atoms with Gasteiger partial charge in [-0.2, -0.15) is 4.98 Å². The summed E-state index contributed by atoms with van der Waals surface area (Å²) in [7, 11) is 1.17. The summed E-state index contributed by atoms with van der Waals surface area (Å²) in [5.74, 6) is -1.77. The van der Waals surface area contributed by atoms with Crippen molar-refractivity contribution in [2.75, 3.05) is 25.5 Å². The number of urea groups is 1. The zero-order valence-corrected chi connectivity index (χ0v) is 26.5. The SMILES string of the molecule is COC(=O)[C@H](Cn1ccc(NC(=O)c2c(Cl)cccc2Cl)nc1=O)NC(=O)N1CCC(NC(=O)C(C)C)(c2ccccc2)CC1. The molecule has 1 atom stereocenters. The summed E-state index contributed by atoms with van der Waals surface area (Å²) in [6.07, 6.45) is 2.25. The molecule has 12 nitrogen and oxygen atoms in total. The first kappa shape index (κ1) is 33.5. The molecule has 3 N–H and O–H groups in total. The highest BCUT2D eigenvalue weighted by atomic mass is 35.5. The van der Waals surface area contributed by atoms with Gasteiger partial charge in [0.2, 0.25) is 5.91 Å². The van der Waals surface area contributed by atoms with Gasteiger partial charge in [0.1, 0.15) is 11.9 Å². The Hall–Kier alpha value is -4.42. The largest absolute Gasteiger partial charge is 0.467 e. The topological polar surface area (TPSA) is 152 Å². The summed E-state index contributed by atoms with van der Waals surface area (Å²) in [5, 5.41) is 8.59. The number of carbonyl (C=O) groups excluding carboxylic acids is 4. The fraction of sp³-hybridized carbons (Fsp3) is 0.355. The molecular formula is C31H34Cl2N6O6. The van der Waals surface area contributed by atoms with E-state index in [2.05, 4.69) is 20.9 Å². The van der Waals surface area contributed by atoms with Crippen molar-refractivity contribution in [1.82, 2.24) is 25.1 Å². The van der Waals surface area contributed by atoms with Gasteiger partial charge in [0, 0.05) is 25.2 Å². The van der Waals surface area contributed by atoms with Crippen LogP contribution in [0.1, 0.15) is 42.6 Å². The summed E-state index contributed by atoms with van der Waals surface area (Å²) in [4.78, 5) is 69.5. The minimum atomic E-state index is -1.22. The van der Waals surface area contributed by atoms with E-state index in [9.17, 15) is 24.0 Å². The maximum Gasteiger partial charge on any atom is 0.349 e. The number of aromatic nitrogens is 2. The van der Waals surface area contributed by atoms with Crippen molar-refractivity contribution in [3.8, 4) is 0 Å². The Morgan fingerprint density at radius 3 is 2.20 bits per heavy atom. The fourth-order valence-corrected chi connectivity index (χ4v) is 5.57. The normalized spacial score (nSPS) is 14.8. The van der Waals surface area contributed by atoms with Gasteiger partial charge in [-0.1, -0.05) is 73.4 Å². The zero-order valence-electron chi connectivity index (χ0n) is 25.0. The summed E-state index contributed by atoms with van der Waals surface area (Å²) in [6.45, 7) is 3.98. The first-order valence-corrected chi connectivity index (χ1v) is 15.0. The number of ether oxygens (including phenoxy) is 1. The highest BCUT2D eigenvalue weighted by Gasteiger charge is 2.39. The standard InChI is InChI=1S/C31H34Cl2N6O6/c1-19(2)26(40)37-31(20-8-5-4-6-9-20)13-16-38(17-14-31)29(43)34-23(28(42)45-3)18-39-15-12-24(36-30(39)44)35-27(41)25-21(32)10-7-11-22(25)33/h4-12,15,19,23H,13-14,16-18H2,1-3H3,(H,34,43)(H,37,40)(H,35,36,41,44)/t23-/m0/s1. The second-order valence-corrected chi connectivity index (χ2v) is 11.7. The van der Waals surface area contributed by atoms with E-state index in [-0.39, 0.29) is 39.8 Å². The van der Waals surface area contributed by atoms with Crippen molar-refractivity contribution in [3.63, 3.8) is 0 Å². The number of rotatable bonds is 9. The van der Waals surface area contributed by atoms with E-state index >= 15 is 0 Å². The Kier molecular flexibility index (Phi) is 10.8. The van der Waals surface area contributed by atoms with Crippen LogP contribution in [-0.4, -0.2) is 64.5 Å². The molecule has 0 unspecified atom stereocenters. The molecule has 1 aromatic heterocycles. The van der Waals surface area contributed by atoms with E-state index in [1.807, 2.05) is 44.2 Å². The number of anilines is 1. The first-order valence-electron chi connectivity index (χ1n) is 14.3. The Labute approximate surface area is 270 Å². The summed E-state index contributed by atoms with van der Waals surface area (Å²) in [5.41, 5.74) is -0.448. The number of amides is 4. The van der Waals surface area contributed by atoms with Crippen LogP contribution >= 0.6 is 23.2 Å². The molecule has 14 heteroatoms. The van der Waals surface area contributed by atoms with Crippen LogP contribution in [-0.2, 0) is 26.4 Å². The van der Waals surface area contributed by atoms with Crippen molar-refractivity contribution in [2.24, 2.45) is 5.92 Å². The zero-order chi connectivity index (χ0) is 32.7. The molecule has 0 bridgehead atoms. The molecule has 1 aliphatic heterocycles. The molecule has 1 aliphatic rings. The number of esters is 1. The number of methoxy groups -OCH3 is 1. The van der Waals surface area contributed by atoms with Crippen molar-refractivity contribution in [1.29, 1.82) is 0 Å². The number of piperidine rings is 1. The minimum absolute atomic E-state index is 0.0290. The lowest BCUT2D eigenvalue weighted by Gasteiger charge is -2.43. The van der Waals surface area contributed by atoms with Gasteiger partial charge in [0.05, 0.1) is 34.8 Å². The number of nitrogens with one attached hydrogen (secondary N) is 3. The molecule has 1 fully saturated rings. The third-order valence-electron chi connectivity index (χ3n) is 7.59. The number of hydrogen-bond donors (Lipinski definition) is 3. The van der Waals surface area contributed by atoms with Gasteiger partial charge in [0.15, 0.2) is 0 Å². The average molecular weight is 658 g/mol. The smallest absolute Gasteiger partial charge is 0.349 e. The molecule has 1 saturated heterocycles. The number of benzene rings is 2. The van der Waals surface area contributed by atoms with Gasteiger partial charge in [0.25, 0.3) is 5.91 Å². The van der Waals surface area contributed by atoms with Crippen LogP contribution in [0.5, 0.6) is 0 Å². The van der Waals surface area contributed by atoms with Gasteiger partial charge >= 0.3 is 17.7 Å². The number of halogens is 2. The molecule has 0 radical (unpaired) electrons. The van der Waals surface area contributed by atoms with Gasteiger partial charge in [-0.05, 0) is 36.6 Å². The van der Waals surface area contributed by atoms with E-state index in [0.29, 0.717) is 25.9 Å². The number of likely N-dealkylation sites (tertiary alicyclic amines) is 1. The minimum Gasteiger partial charge on any atom is -0.467 e. The lowest BCUT2D eigenvalue weighted by atomic mass is 9.80. The molecule has 0 saturated carbocycles. The number of nitrogens with zero attached hydrogens (tertiary/aromatic N) is 3. The molecule has 4 rings (SSSR count). The highest BCUT2D eigenvalue weighted by molar-refractivity contribution is 6.40. The lowest BCUT2D eigenvalue weighted by molar-refractivity contribution is -0.143. The quantitative estimate of drug-likeness (QED) is 0.296. The molecule has 45 heavy (non-hydrogen) atoms. The van der Waals surface area contributed by atoms with Crippen LogP contribution in [0.2, 0.25) is 10.0 Å². The molecular weight excluding hydrogens is 623 g/mol. The second-order valence-electron chi connectivity index (χ2n) is 10.9. The third kappa shape index (κ3) is 8.00. The van der Waals surface area contributed by atoms with Gasteiger partial charge in [-0.25, -0.2) is 14.4 Å². The van der Waals surface area contributed by atoms with Crippen LogP contribution in [0.15, 0.2) is 65.6 Å². The lowest BCUT2D eigenvalue weighted by Crippen LogP contribution is -2.58. The summed E-state index contributed by atoms with van der Waals surface area (Å²) >= 11 is 12.2. The first-order chi connectivity index (χ1) is 21.4. The van der Waals surface area contributed by atoms with Crippen molar-refractivity contribution in [2.45, 2.75) is 44.8 Å². The number of carbonyl (C=O) groups is 4. The summed E-state index contributed by atoms with van der Waals surface area (Å²) in [6, 6.07) is 13.8. The van der Waals surface area contributed by atoms with Crippen LogP contribution in [0.3, 0.4) is 0 Å². The maximum atomic E-state index is 13.3. The van der Waals surface area contributed by atoms with E-state index in [0.717, 1.165) is 10.1 Å². The number of hydrogen-bond acceptors (Lipinski definition) is 7. The predicted octanol–water partition coefficient (Wildman–Crippen LogP) is 3.82. The molecule has 4 amide bonds. The van der Waals surface area contributed by atoms with E-state index in [1.54, 1.807) is 11.0 Å². The molecule has 2 heterocycles. The Morgan fingerprint density at radius 2 is 1.62 bits per heavy atom. The second kappa shape index (κ2) is 14.6. The van der Waals surface area contributed by atoms with Gasteiger partial charge < -0.3 is 25.6 Å². The van der Waals surface area contributed by atoms with E-state index < -0.39 is 35.2 Å². The fourth-order valence-electron chi connectivity index (χ4n) is 5.00. The summed E-state index contributed by atoms with van der Waals surface area (Å²) < 4.78 is 5.99. The molecule has 2 aromatic carbocycles. The maximum absolute atomic E-state index is 13.3. The van der Waals surface area contributed by atoms with Gasteiger partial charge in [-0.3, -0.25) is 14.2 Å².